The van der Waals surface area contributed by atoms with E-state index in [1.165, 1.54) is 0 Å². The van der Waals surface area contributed by atoms with Gasteiger partial charge in [-0.15, -0.1) is 0 Å². The van der Waals surface area contributed by atoms with Gasteiger partial charge in [0.05, 0.1) is 24.6 Å². The molecule has 1 amide bonds. The summed E-state index contributed by atoms with van der Waals surface area (Å²) in [5.41, 5.74) is 5.21. The predicted molar refractivity (Wildman–Crippen MR) is 48.3 cm³/mol. The van der Waals surface area contributed by atoms with Crippen molar-refractivity contribution < 1.29 is 20.1 Å². The van der Waals surface area contributed by atoms with Crippen molar-refractivity contribution >= 4 is 6.09 Å². The lowest BCUT2D eigenvalue weighted by Gasteiger charge is -1.96. The van der Waals surface area contributed by atoms with Gasteiger partial charge in [0.1, 0.15) is 0 Å². The molecular formula is C8H12N2O4. The molecule has 0 aromatic carbocycles. The van der Waals surface area contributed by atoms with Crippen LogP contribution in [0.4, 0.5) is 4.79 Å². The Hall–Kier alpha value is -1.66. The van der Waals surface area contributed by atoms with Crippen LogP contribution in [0.1, 0.15) is 11.4 Å². The highest BCUT2D eigenvalue weighted by Crippen LogP contribution is 1.98. The van der Waals surface area contributed by atoms with Gasteiger partial charge in [-0.3, -0.25) is 4.98 Å². The number of hydrogen-bond donors (Lipinski definition) is 4. The maximum Gasteiger partial charge on any atom is 0.402 e. The van der Waals surface area contributed by atoms with Gasteiger partial charge in [-0.25, -0.2) is 4.79 Å². The van der Waals surface area contributed by atoms with E-state index in [1.54, 1.807) is 18.2 Å². The lowest BCUT2D eigenvalue weighted by Crippen LogP contribution is -2.03. The Balaban J connectivity index is 0.000000364. The zero-order valence-corrected chi connectivity index (χ0v) is 7.42. The van der Waals surface area contributed by atoms with Crippen LogP contribution in [-0.2, 0) is 13.2 Å². The van der Waals surface area contributed by atoms with Gasteiger partial charge in [-0.2, -0.15) is 0 Å². The average Bonchev–Trinajstić information content (AvgIpc) is 2.17. The standard InChI is InChI=1S/C7H9NO2.CH3NO2/c9-4-6-2-1-3-7(5-10)8-6;2-1(3)4/h1-3,9-10H,4-5H2;2H2,(H,3,4). The van der Waals surface area contributed by atoms with Gasteiger partial charge in [-0.05, 0) is 12.1 Å². The minimum absolute atomic E-state index is 0.0756. The molecule has 1 heterocycles. The zero-order chi connectivity index (χ0) is 11.0. The summed E-state index contributed by atoms with van der Waals surface area (Å²) >= 11 is 0. The summed E-state index contributed by atoms with van der Waals surface area (Å²) in [5, 5.41) is 24.4. The molecular weight excluding hydrogens is 188 g/mol. The number of primary amides is 1. The molecule has 0 aliphatic heterocycles. The van der Waals surface area contributed by atoms with Crippen molar-refractivity contribution in [1.29, 1.82) is 0 Å². The van der Waals surface area contributed by atoms with Gasteiger partial charge < -0.3 is 21.1 Å². The van der Waals surface area contributed by atoms with Crippen molar-refractivity contribution in [1.82, 2.24) is 4.98 Å². The molecule has 14 heavy (non-hydrogen) atoms. The quantitative estimate of drug-likeness (QED) is 0.522. The number of aromatic nitrogens is 1. The minimum Gasteiger partial charge on any atom is -0.465 e. The fraction of sp³-hybridized carbons (Fsp3) is 0.250. The summed E-state index contributed by atoms with van der Waals surface area (Å²) in [6.45, 7) is -0.151. The van der Waals surface area contributed by atoms with E-state index >= 15 is 0 Å². The molecule has 0 atom stereocenters. The third-order valence-corrected chi connectivity index (χ3v) is 1.19. The van der Waals surface area contributed by atoms with Gasteiger partial charge in [0.2, 0.25) is 0 Å². The van der Waals surface area contributed by atoms with Crippen molar-refractivity contribution in [2.75, 3.05) is 0 Å². The molecule has 0 saturated carbocycles. The fourth-order valence-electron chi connectivity index (χ4n) is 0.705. The highest BCUT2D eigenvalue weighted by atomic mass is 16.4. The zero-order valence-electron chi connectivity index (χ0n) is 7.42. The summed E-state index contributed by atoms with van der Waals surface area (Å²) in [6, 6.07) is 5.17. The van der Waals surface area contributed by atoms with Crippen LogP contribution in [0.2, 0.25) is 0 Å². The number of carbonyl (C=O) groups is 1. The smallest absolute Gasteiger partial charge is 0.402 e. The lowest BCUT2D eigenvalue weighted by atomic mass is 10.3. The second kappa shape index (κ2) is 6.81. The van der Waals surface area contributed by atoms with Crippen LogP contribution in [0, 0.1) is 0 Å². The number of hydrogen-bond acceptors (Lipinski definition) is 4. The number of nitrogens with two attached hydrogens (primary N) is 1. The van der Waals surface area contributed by atoms with E-state index in [0.29, 0.717) is 11.4 Å². The first-order valence-corrected chi connectivity index (χ1v) is 3.75. The van der Waals surface area contributed by atoms with Gasteiger partial charge in [0.15, 0.2) is 0 Å². The Morgan fingerprint density at radius 3 is 1.93 bits per heavy atom. The summed E-state index contributed by atoms with van der Waals surface area (Å²) in [5.74, 6) is 0. The van der Waals surface area contributed by atoms with E-state index in [0.717, 1.165) is 0 Å². The SMILES string of the molecule is NC(=O)O.OCc1cccc(CO)n1. The molecule has 0 bridgehead atoms. The van der Waals surface area contributed by atoms with E-state index in [4.69, 9.17) is 20.1 Å². The van der Waals surface area contributed by atoms with Crippen molar-refractivity contribution in [2.45, 2.75) is 13.2 Å². The van der Waals surface area contributed by atoms with Crippen LogP contribution < -0.4 is 5.73 Å². The molecule has 5 N–H and O–H groups in total. The fourth-order valence-corrected chi connectivity index (χ4v) is 0.705. The summed E-state index contributed by atoms with van der Waals surface area (Å²) in [4.78, 5) is 12.7. The molecule has 1 aromatic rings. The van der Waals surface area contributed by atoms with Crippen molar-refractivity contribution in [3.8, 4) is 0 Å². The first-order valence-electron chi connectivity index (χ1n) is 3.75. The number of aliphatic hydroxyl groups excluding tert-OH is 2. The number of nitrogens with zero attached hydrogens (tertiary/aromatic N) is 1. The van der Waals surface area contributed by atoms with Crippen LogP contribution in [0.25, 0.3) is 0 Å². The molecule has 6 nitrogen and oxygen atoms in total. The van der Waals surface area contributed by atoms with Gasteiger partial charge in [0.25, 0.3) is 0 Å². The first kappa shape index (κ1) is 12.3. The molecule has 6 heteroatoms. The average molecular weight is 200 g/mol. The van der Waals surface area contributed by atoms with Gasteiger partial charge in [-0.1, -0.05) is 6.07 Å². The van der Waals surface area contributed by atoms with E-state index in [-0.39, 0.29) is 13.2 Å². The van der Waals surface area contributed by atoms with Crippen LogP contribution in [0.15, 0.2) is 18.2 Å². The molecule has 0 fully saturated rings. The van der Waals surface area contributed by atoms with Gasteiger partial charge >= 0.3 is 6.09 Å². The third-order valence-electron chi connectivity index (χ3n) is 1.19. The number of carboxylic acid groups (broad SMARTS) is 1. The molecule has 0 spiro atoms. The molecule has 1 rings (SSSR count). The Kier molecular flexibility index (Phi) is 6.01. The topological polar surface area (TPSA) is 117 Å². The molecule has 1 aromatic heterocycles. The Morgan fingerprint density at radius 1 is 1.29 bits per heavy atom. The molecule has 0 aliphatic rings. The molecule has 0 radical (unpaired) electrons. The van der Waals surface area contributed by atoms with Crippen molar-refractivity contribution in [3.63, 3.8) is 0 Å². The van der Waals surface area contributed by atoms with Crippen LogP contribution in [0.5, 0.6) is 0 Å². The summed E-state index contributed by atoms with van der Waals surface area (Å²) in [6.07, 6.45) is -1.33. The maximum atomic E-state index is 8.78. The van der Waals surface area contributed by atoms with Crippen molar-refractivity contribution in [2.24, 2.45) is 5.73 Å². The summed E-state index contributed by atoms with van der Waals surface area (Å²) < 4.78 is 0. The third kappa shape index (κ3) is 5.92. The molecule has 0 saturated heterocycles. The number of amides is 1. The van der Waals surface area contributed by atoms with E-state index in [2.05, 4.69) is 10.7 Å². The van der Waals surface area contributed by atoms with Gasteiger partial charge in [0, 0.05) is 0 Å². The van der Waals surface area contributed by atoms with Crippen LogP contribution in [0.3, 0.4) is 0 Å². The van der Waals surface area contributed by atoms with E-state index in [9.17, 15) is 0 Å². The number of rotatable bonds is 2. The highest BCUT2D eigenvalue weighted by Gasteiger charge is 1.92. The number of aliphatic hydroxyl groups is 2. The predicted octanol–water partition coefficient (Wildman–Crippen LogP) is -0.311. The Bertz CT molecular complexity index is 267. The Morgan fingerprint density at radius 2 is 1.64 bits per heavy atom. The molecule has 78 valence electrons. The summed E-state index contributed by atoms with van der Waals surface area (Å²) in [7, 11) is 0. The van der Waals surface area contributed by atoms with Crippen LogP contribution >= 0.6 is 0 Å². The van der Waals surface area contributed by atoms with Crippen molar-refractivity contribution in [3.05, 3.63) is 29.6 Å². The van der Waals surface area contributed by atoms with Crippen LogP contribution in [-0.4, -0.2) is 26.4 Å². The lowest BCUT2D eigenvalue weighted by molar-refractivity contribution is 0.205. The molecule has 0 aliphatic carbocycles. The minimum atomic E-state index is -1.33. The second-order valence-corrected chi connectivity index (χ2v) is 2.27. The largest absolute Gasteiger partial charge is 0.465 e. The number of pyridine rings is 1. The molecule has 0 unspecified atom stereocenters. The first-order chi connectivity index (χ1) is 6.60. The van der Waals surface area contributed by atoms with E-state index in [1.807, 2.05) is 0 Å². The normalized spacial score (nSPS) is 8.71. The Labute approximate surface area is 80.6 Å². The highest BCUT2D eigenvalue weighted by molar-refractivity contribution is 5.61. The second-order valence-electron chi connectivity index (χ2n) is 2.27. The maximum absolute atomic E-state index is 8.78. The monoisotopic (exact) mass is 200 g/mol. The van der Waals surface area contributed by atoms with E-state index < -0.39 is 6.09 Å².